The third kappa shape index (κ3) is 3.38. The molecule has 0 unspecified atom stereocenters. The summed E-state index contributed by atoms with van der Waals surface area (Å²) in [6.45, 7) is 1.35. The maximum Gasteiger partial charge on any atom is 0.183 e. The van der Waals surface area contributed by atoms with Gasteiger partial charge in [0.1, 0.15) is 0 Å². The molecule has 0 saturated heterocycles. The lowest BCUT2D eigenvalue weighted by Gasteiger charge is -2.02. The van der Waals surface area contributed by atoms with E-state index in [9.17, 15) is 9.90 Å². The maximum atomic E-state index is 11.6. The van der Waals surface area contributed by atoms with Crippen molar-refractivity contribution in [3.8, 4) is 0 Å². The van der Waals surface area contributed by atoms with Crippen LogP contribution in [0, 0.1) is 0 Å². The quantitative estimate of drug-likeness (QED) is 0.510. The number of benzene rings is 2. The summed E-state index contributed by atoms with van der Waals surface area (Å²) in [5, 5.41) is 18.0. The molecule has 2 aromatic carbocycles. The van der Waals surface area contributed by atoms with Gasteiger partial charge in [-0.3, -0.25) is 4.79 Å². The Morgan fingerprint density at radius 2 is 1.50 bits per heavy atom. The number of carbonyl (C=O) groups is 1. The van der Waals surface area contributed by atoms with Crippen LogP contribution in [0.3, 0.4) is 0 Å². The summed E-state index contributed by atoms with van der Waals surface area (Å²) < 4.78 is 0. The van der Waals surface area contributed by atoms with Crippen molar-refractivity contribution in [2.24, 2.45) is 10.2 Å². The van der Waals surface area contributed by atoms with Crippen molar-refractivity contribution >= 4 is 17.2 Å². The van der Waals surface area contributed by atoms with Crippen LogP contribution >= 0.6 is 0 Å². The summed E-state index contributed by atoms with van der Waals surface area (Å²) in [6, 6.07) is 17.8. The average Bonchev–Trinajstić information content (AvgIpc) is 2.49. The van der Waals surface area contributed by atoms with E-state index in [1.54, 1.807) is 36.4 Å². The van der Waals surface area contributed by atoms with Gasteiger partial charge in [-0.05, 0) is 12.1 Å². The van der Waals surface area contributed by atoms with Gasteiger partial charge in [0.15, 0.2) is 17.2 Å². The number of ketones is 1. The Balaban J connectivity index is 2.37. The largest absolute Gasteiger partial charge is 0.505 e. The lowest BCUT2D eigenvalue weighted by atomic mass is 10.1. The van der Waals surface area contributed by atoms with E-state index in [-0.39, 0.29) is 17.2 Å². The van der Waals surface area contributed by atoms with Crippen LogP contribution in [0.25, 0.3) is 5.76 Å². The van der Waals surface area contributed by atoms with E-state index >= 15 is 0 Å². The van der Waals surface area contributed by atoms with Crippen LogP contribution in [-0.4, -0.2) is 10.9 Å². The van der Waals surface area contributed by atoms with Gasteiger partial charge in [0.05, 0.1) is 5.69 Å². The number of aliphatic hydroxyl groups excluding tert-OH is 1. The fourth-order valence-electron chi connectivity index (χ4n) is 1.62. The zero-order valence-corrected chi connectivity index (χ0v) is 11.0. The molecular formula is C16H14N2O2. The molecule has 4 nitrogen and oxygen atoms in total. The van der Waals surface area contributed by atoms with E-state index < -0.39 is 0 Å². The highest BCUT2D eigenvalue weighted by Gasteiger charge is 2.12. The molecule has 0 heterocycles. The highest BCUT2D eigenvalue weighted by molar-refractivity contribution is 5.99. The number of Topliss-reactive ketones (excluding diaryl/α,β-unsaturated/α-hetero) is 1. The Hall–Kier alpha value is -2.75. The molecule has 2 rings (SSSR count). The molecule has 0 aromatic heterocycles. The number of azo groups is 1. The molecule has 0 spiro atoms. The summed E-state index contributed by atoms with van der Waals surface area (Å²) in [7, 11) is 0. The number of carbonyl (C=O) groups excluding carboxylic acids is 1. The van der Waals surface area contributed by atoms with E-state index in [2.05, 4.69) is 10.2 Å². The molecule has 0 aliphatic rings. The summed E-state index contributed by atoms with van der Waals surface area (Å²) in [4.78, 5) is 11.6. The molecule has 0 radical (unpaired) electrons. The minimum atomic E-state index is -0.342. The van der Waals surface area contributed by atoms with Gasteiger partial charge in [-0.25, -0.2) is 0 Å². The Bertz CT molecular complexity index is 647. The van der Waals surface area contributed by atoms with Crippen LogP contribution in [-0.2, 0) is 4.79 Å². The maximum absolute atomic E-state index is 11.6. The summed E-state index contributed by atoms with van der Waals surface area (Å²) >= 11 is 0. The van der Waals surface area contributed by atoms with Gasteiger partial charge < -0.3 is 5.11 Å². The summed E-state index contributed by atoms with van der Waals surface area (Å²) in [5.74, 6) is -0.510. The van der Waals surface area contributed by atoms with Crippen LogP contribution in [0.2, 0.25) is 0 Å². The third-order valence-electron chi connectivity index (χ3n) is 2.63. The summed E-state index contributed by atoms with van der Waals surface area (Å²) in [6.07, 6.45) is 0. The lowest BCUT2D eigenvalue weighted by Crippen LogP contribution is -1.98. The van der Waals surface area contributed by atoms with Crippen molar-refractivity contribution in [2.45, 2.75) is 6.92 Å². The third-order valence-corrected chi connectivity index (χ3v) is 2.63. The van der Waals surface area contributed by atoms with Gasteiger partial charge in [-0.15, -0.1) is 5.11 Å². The van der Waals surface area contributed by atoms with Crippen LogP contribution in [0.15, 0.2) is 76.6 Å². The molecule has 0 aliphatic heterocycles. The second kappa shape index (κ2) is 6.43. The highest BCUT2D eigenvalue weighted by Crippen LogP contribution is 2.20. The first-order valence-corrected chi connectivity index (χ1v) is 6.15. The minimum Gasteiger partial charge on any atom is -0.505 e. The molecule has 100 valence electrons. The standard InChI is InChI=1S/C16H14N2O2/c1-12(19)15(16(20)13-8-4-2-5-9-13)18-17-14-10-6-3-7-11-14/h2-11,20H,1H3/b16-15+,18-17?. The Kier molecular flexibility index (Phi) is 4.39. The van der Waals surface area contributed by atoms with Gasteiger partial charge >= 0.3 is 0 Å². The smallest absolute Gasteiger partial charge is 0.183 e. The van der Waals surface area contributed by atoms with Gasteiger partial charge in [-0.2, -0.15) is 5.11 Å². The number of rotatable bonds is 4. The lowest BCUT2D eigenvalue weighted by molar-refractivity contribution is -0.113. The first kappa shape index (κ1) is 13.7. The van der Waals surface area contributed by atoms with Crippen molar-refractivity contribution in [1.29, 1.82) is 0 Å². The van der Waals surface area contributed by atoms with Crippen LogP contribution in [0.5, 0.6) is 0 Å². The number of aliphatic hydroxyl groups is 1. The van der Waals surface area contributed by atoms with Crippen molar-refractivity contribution in [1.82, 2.24) is 0 Å². The Morgan fingerprint density at radius 3 is 2.05 bits per heavy atom. The second-order valence-corrected chi connectivity index (χ2v) is 4.15. The molecule has 2 aromatic rings. The minimum absolute atomic E-state index is 0.0555. The van der Waals surface area contributed by atoms with Crippen molar-refractivity contribution in [2.75, 3.05) is 0 Å². The van der Waals surface area contributed by atoms with Crippen LogP contribution in [0.4, 0.5) is 5.69 Å². The van der Waals surface area contributed by atoms with Crippen LogP contribution in [0.1, 0.15) is 12.5 Å². The fourth-order valence-corrected chi connectivity index (χ4v) is 1.62. The van der Waals surface area contributed by atoms with Crippen molar-refractivity contribution in [3.05, 3.63) is 71.9 Å². The molecule has 0 amide bonds. The van der Waals surface area contributed by atoms with E-state index in [1.165, 1.54) is 6.92 Å². The van der Waals surface area contributed by atoms with E-state index in [1.807, 2.05) is 24.3 Å². The molecule has 20 heavy (non-hydrogen) atoms. The molecule has 1 N–H and O–H groups in total. The van der Waals surface area contributed by atoms with Gasteiger partial charge in [0, 0.05) is 12.5 Å². The molecule has 0 bridgehead atoms. The zero-order valence-electron chi connectivity index (χ0n) is 11.0. The van der Waals surface area contributed by atoms with Gasteiger partial charge in [0.2, 0.25) is 0 Å². The Morgan fingerprint density at radius 1 is 0.950 bits per heavy atom. The van der Waals surface area contributed by atoms with E-state index in [0.29, 0.717) is 11.3 Å². The molecule has 0 atom stereocenters. The molecular weight excluding hydrogens is 252 g/mol. The number of allylic oxidation sites excluding steroid dienone is 1. The van der Waals surface area contributed by atoms with Crippen LogP contribution < -0.4 is 0 Å². The molecule has 0 aliphatic carbocycles. The van der Waals surface area contributed by atoms with Crippen molar-refractivity contribution < 1.29 is 9.90 Å². The predicted molar refractivity (Wildman–Crippen MR) is 77.6 cm³/mol. The summed E-state index contributed by atoms with van der Waals surface area (Å²) in [5.41, 5.74) is 1.09. The van der Waals surface area contributed by atoms with Crippen molar-refractivity contribution in [3.63, 3.8) is 0 Å². The first-order valence-electron chi connectivity index (χ1n) is 6.15. The number of hydrogen-bond acceptors (Lipinski definition) is 4. The van der Waals surface area contributed by atoms with Gasteiger partial charge in [-0.1, -0.05) is 48.5 Å². The highest BCUT2D eigenvalue weighted by atomic mass is 16.3. The molecule has 4 heteroatoms. The number of nitrogens with zero attached hydrogens (tertiary/aromatic N) is 2. The monoisotopic (exact) mass is 266 g/mol. The van der Waals surface area contributed by atoms with Gasteiger partial charge in [0.25, 0.3) is 0 Å². The average molecular weight is 266 g/mol. The first-order chi connectivity index (χ1) is 9.68. The molecule has 0 fully saturated rings. The second-order valence-electron chi connectivity index (χ2n) is 4.15. The predicted octanol–water partition coefficient (Wildman–Crippen LogP) is 4.29. The fraction of sp³-hybridized carbons (Fsp3) is 0.0625. The normalized spacial score (nSPS) is 12.2. The SMILES string of the molecule is CC(=O)/C(N=Nc1ccccc1)=C(\O)c1ccccc1. The van der Waals surface area contributed by atoms with E-state index in [0.717, 1.165) is 0 Å². The topological polar surface area (TPSA) is 62.0 Å². The zero-order chi connectivity index (χ0) is 14.4. The van der Waals surface area contributed by atoms with E-state index in [4.69, 9.17) is 0 Å². The molecule has 0 saturated carbocycles. The Labute approximate surface area is 117 Å². The number of hydrogen-bond donors (Lipinski definition) is 1.